The van der Waals surface area contributed by atoms with E-state index in [2.05, 4.69) is 15.6 Å². The highest BCUT2D eigenvalue weighted by Gasteiger charge is 2.25. The van der Waals surface area contributed by atoms with Crippen LogP contribution in [0, 0.1) is 11.6 Å². The van der Waals surface area contributed by atoms with Gasteiger partial charge in [0.1, 0.15) is 11.6 Å². The Kier molecular flexibility index (Phi) is 9.70. The number of ether oxygens (including phenoxy) is 1. The maximum Gasteiger partial charge on any atom is 0.191 e. The van der Waals surface area contributed by atoms with Crippen LogP contribution in [-0.4, -0.2) is 51.4 Å². The van der Waals surface area contributed by atoms with Crippen molar-refractivity contribution in [1.82, 2.24) is 10.6 Å². The highest BCUT2D eigenvalue weighted by Crippen LogP contribution is 2.24. The summed E-state index contributed by atoms with van der Waals surface area (Å²) in [6.45, 7) is 2.96. The Balaban J connectivity index is 0.00000280. The number of rotatable bonds is 7. The first-order valence-electron chi connectivity index (χ1n) is 9.94. The van der Waals surface area contributed by atoms with Crippen molar-refractivity contribution < 1.29 is 13.5 Å². The predicted molar refractivity (Wildman–Crippen MR) is 120 cm³/mol. The fourth-order valence-electron chi connectivity index (χ4n) is 3.81. The van der Waals surface area contributed by atoms with Crippen LogP contribution in [0.2, 0.25) is 0 Å². The summed E-state index contributed by atoms with van der Waals surface area (Å²) in [7, 11) is 1.75. The van der Waals surface area contributed by atoms with Crippen molar-refractivity contribution in [2.24, 2.45) is 4.99 Å². The molecule has 0 spiro atoms. The Labute approximate surface area is 183 Å². The molecule has 28 heavy (non-hydrogen) atoms. The summed E-state index contributed by atoms with van der Waals surface area (Å²) >= 11 is 0. The van der Waals surface area contributed by atoms with Gasteiger partial charge in [-0.25, -0.2) is 8.78 Å². The van der Waals surface area contributed by atoms with Crippen LogP contribution in [0.5, 0.6) is 0 Å². The van der Waals surface area contributed by atoms with E-state index in [1.54, 1.807) is 7.05 Å². The molecule has 2 aliphatic rings. The maximum atomic E-state index is 14.0. The van der Waals surface area contributed by atoms with E-state index in [1.807, 2.05) is 4.90 Å². The van der Waals surface area contributed by atoms with Crippen molar-refractivity contribution in [3.63, 3.8) is 0 Å². The molecular weight excluding hydrogens is 477 g/mol. The average molecular weight is 508 g/mol. The molecule has 5 nitrogen and oxygen atoms in total. The second kappa shape index (κ2) is 11.7. The molecule has 1 aromatic carbocycles. The van der Waals surface area contributed by atoms with Gasteiger partial charge in [0.15, 0.2) is 5.96 Å². The van der Waals surface area contributed by atoms with Gasteiger partial charge >= 0.3 is 0 Å². The zero-order chi connectivity index (χ0) is 19.1. The molecule has 1 aliphatic carbocycles. The predicted octanol–water partition coefficient (Wildman–Crippen LogP) is 3.68. The van der Waals surface area contributed by atoms with E-state index in [4.69, 9.17) is 4.74 Å². The molecule has 0 bridgehead atoms. The third kappa shape index (κ3) is 6.72. The molecule has 8 heteroatoms. The number of guanidine groups is 1. The van der Waals surface area contributed by atoms with Gasteiger partial charge in [0.2, 0.25) is 0 Å². The fraction of sp³-hybridized carbons (Fsp3) is 0.650. The molecular formula is C20H31F2IN4O. The van der Waals surface area contributed by atoms with E-state index >= 15 is 0 Å². The third-order valence-corrected chi connectivity index (χ3v) is 5.27. The van der Waals surface area contributed by atoms with E-state index in [0.29, 0.717) is 18.3 Å². The first-order valence-corrected chi connectivity index (χ1v) is 9.94. The lowest BCUT2D eigenvalue weighted by Crippen LogP contribution is -2.45. The van der Waals surface area contributed by atoms with E-state index in [-0.39, 0.29) is 30.0 Å². The molecule has 2 N–H and O–H groups in total. The van der Waals surface area contributed by atoms with Gasteiger partial charge in [0, 0.05) is 45.4 Å². The van der Waals surface area contributed by atoms with Crippen molar-refractivity contribution in [1.29, 1.82) is 0 Å². The summed E-state index contributed by atoms with van der Waals surface area (Å²) in [5.41, 5.74) is 0.452. The van der Waals surface area contributed by atoms with Crippen molar-refractivity contribution in [3.05, 3.63) is 29.8 Å². The van der Waals surface area contributed by atoms with Gasteiger partial charge in [-0.2, -0.15) is 0 Å². The molecule has 1 saturated heterocycles. The van der Waals surface area contributed by atoms with Crippen LogP contribution >= 0.6 is 24.0 Å². The molecule has 3 rings (SSSR count). The topological polar surface area (TPSA) is 48.9 Å². The van der Waals surface area contributed by atoms with Gasteiger partial charge < -0.3 is 20.3 Å². The van der Waals surface area contributed by atoms with Crippen molar-refractivity contribution in [2.75, 3.05) is 38.2 Å². The molecule has 0 radical (unpaired) electrons. The minimum atomic E-state index is -0.549. The molecule has 0 aromatic heterocycles. The summed E-state index contributed by atoms with van der Waals surface area (Å²) < 4.78 is 32.9. The summed E-state index contributed by atoms with van der Waals surface area (Å²) in [5.74, 6) is -0.311. The summed E-state index contributed by atoms with van der Waals surface area (Å²) in [5, 5.41) is 6.70. The van der Waals surface area contributed by atoms with E-state index in [1.165, 1.54) is 37.8 Å². The SMILES string of the molecule is CN=C(NCCCOC1CCCC1)NC1CCN(c2ccc(F)cc2F)C1.I. The van der Waals surface area contributed by atoms with Gasteiger partial charge in [-0.3, -0.25) is 4.99 Å². The Morgan fingerprint density at radius 1 is 1.25 bits per heavy atom. The number of aliphatic imine (C=N–C) groups is 1. The van der Waals surface area contributed by atoms with Crippen LogP contribution in [0.15, 0.2) is 23.2 Å². The second-order valence-electron chi connectivity index (χ2n) is 7.30. The lowest BCUT2D eigenvalue weighted by molar-refractivity contribution is 0.0574. The van der Waals surface area contributed by atoms with Crippen molar-refractivity contribution in [3.8, 4) is 0 Å². The van der Waals surface area contributed by atoms with Crippen LogP contribution in [0.25, 0.3) is 0 Å². The molecule has 158 valence electrons. The quantitative estimate of drug-likeness (QED) is 0.256. The normalized spacial score (nSPS) is 20.3. The fourth-order valence-corrected chi connectivity index (χ4v) is 3.81. The molecule has 1 aromatic rings. The Hall–Kier alpha value is -1.16. The van der Waals surface area contributed by atoms with Gasteiger partial charge in [-0.15, -0.1) is 24.0 Å². The molecule has 0 amide bonds. The first-order chi connectivity index (χ1) is 13.2. The maximum absolute atomic E-state index is 14.0. The van der Waals surface area contributed by atoms with Gasteiger partial charge in [0.25, 0.3) is 0 Å². The van der Waals surface area contributed by atoms with Crippen LogP contribution in [0.4, 0.5) is 14.5 Å². The number of halogens is 3. The second-order valence-corrected chi connectivity index (χ2v) is 7.30. The summed E-state index contributed by atoms with van der Waals surface area (Å²) in [6, 6.07) is 3.91. The number of hydrogen-bond acceptors (Lipinski definition) is 3. The average Bonchev–Trinajstić information content (AvgIpc) is 3.32. The van der Waals surface area contributed by atoms with Crippen molar-refractivity contribution >= 4 is 35.6 Å². The van der Waals surface area contributed by atoms with E-state index in [0.717, 1.165) is 44.6 Å². The Bertz CT molecular complexity index is 641. The zero-order valence-corrected chi connectivity index (χ0v) is 18.8. The zero-order valence-electron chi connectivity index (χ0n) is 16.4. The van der Waals surface area contributed by atoms with Crippen LogP contribution < -0.4 is 15.5 Å². The molecule has 1 unspecified atom stereocenters. The van der Waals surface area contributed by atoms with E-state index in [9.17, 15) is 8.78 Å². The number of hydrogen-bond donors (Lipinski definition) is 2. The minimum absolute atomic E-state index is 0. The van der Waals surface area contributed by atoms with Crippen LogP contribution in [-0.2, 0) is 4.74 Å². The lowest BCUT2D eigenvalue weighted by Gasteiger charge is -2.21. The number of nitrogens with one attached hydrogen (secondary N) is 2. The van der Waals surface area contributed by atoms with E-state index < -0.39 is 11.6 Å². The molecule has 1 aliphatic heterocycles. The molecule has 2 fully saturated rings. The monoisotopic (exact) mass is 508 g/mol. The lowest BCUT2D eigenvalue weighted by atomic mass is 10.2. The van der Waals surface area contributed by atoms with Crippen LogP contribution in [0.3, 0.4) is 0 Å². The Morgan fingerprint density at radius 3 is 2.75 bits per heavy atom. The summed E-state index contributed by atoms with van der Waals surface area (Å²) in [4.78, 5) is 6.20. The van der Waals surface area contributed by atoms with Crippen molar-refractivity contribution in [2.45, 2.75) is 50.7 Å². The van der Waals surface area contributed by atoms with Gasteiger partial charge in [-0.05, 0) is 37.8 Å². The Morgan fingerprint density at radius 2 is 2.04 bits per heavy atom. The third-order valence-electron chi connectivity index (χ3n) is 5.27. The first kappa shape index (κ1) is 23.1. The van der Waals surface area contributed by atoms with Crippen LogP contribution in [0.1, 0.15) is 38.5 Å². The smallest absolute Gasteiger partial charge is 0.191 e. The number of nitrogens with zero attached hydrogens (tertiary/aromatic N) is 2. The largest absolute Gasteiger partial charge is 0.378 e. The highest BCUT2D eigenvalue weighted by atomic mass is 127. The molecule has 1 heterocycles. The number of benzene rings is 1. The standard InChI is InChI=1S/C20H30F2N4O.HI/c1-23-20(24-10-4-12-27-17-5-2-3-6-17)25-16-9-11-26(14-16)19-8-7-15(21)13-18(19)22;/h7-8,13,16-17H,2-6,9-12,14H2,1H3,(H2,23,24,25);1H. The molecule has 1 saturated carbocycles. The molecule has 1 atom stereocenters. The van der Waals surface area contributed by atoms with Gasteiger partial charge in [-0.1, -0.05) is 12.8 Å². The summed E-state index contributed by atoms with van der Waals surface area (Å²) in [6.07, 6.45) is 7.25. The van der Waals surface area contributed by atoms with Gasteiger partial charge in [0.05, 0.1) is 11.8 Å². The number of anilines is 1. The highest BCUT2D eigenvalue weighted by molar-refractivity contribution is 14.0. The minimum Gasteiger partial charge on any atom is -0.378 e.